The zero-order chi connectivity index (χ0) is 22.9. The number of hydrogen-bond acceptors (Lipinski definition) is 4. The summed E-state index contributed by atoms with van der Waals surface area (Å²) < 4.78 is 0. The molecule has 7 nitrogen and oxygen atoms in total. The number of carbonyl (C=O) groups is 3. The average Bonchev–Trinajstić information content (AvgIpc) is 2.80. The summed E-state index contributed by atoms with van der Waals surface area (Å²) >= 11 is 6.24. The second kappa shape index (κ2) is 11.5. The second-order valence-electron chi connectivity index (χ2n) is 7.88. The Morgan fingerprint density at radius 1 is 0.875 bits per heavy atom. The average molecular weight is 457 g/mol. The Hall–Kier alpha value is -3.06. The van der Waals surface area contributed by atoms with E-state index in [9.17, 15) is 14.4 Å². The van der Waals surface area contributed by atoms with Crippen molar-refractivity contribution in [1.82, 2.24) is 5.32 Å². The number of anilines is 3. The molecule has 3 amide bonds. The number of rotatable bonds is 8. The Morgan fingerprint density at radius 2 is 1.47 bits per heavy atom. The summed E-state index contributed by atoms with van der Waals surface area (Å²) in [4.78, 5) is 36.4. The van der Waals surface area contributed by atoms with Gasteiger partial charge in [0.15, 0.2) is 0 Å². The summed E-state index contributed by atoms with van der Waals surface area (Å²) in [5, 5.41) is 12.0. The van der Waals surface area contributed by atoms with Crippen molar-refractivity contribution in [1.29, 1.82) is 0 Å². The lowest BCUT2D eigenvalue weighted by atomic mass is 9.95. The van der Waals surface area contributed by atoms with E-state index >= 15 is 0 Å². The highest BCUT2D eigenvalue weighted by atomic mass is 35.5. The number of amides is 3. The van der Waals surface area contributed by atoms with Crippen LogP contribution in [0.1, 0.15) is 55.8 Å². The Bertz CT molecular complexity index is 956. The smallest absolute Gasteiger partial charge is 0.253 e. The maximum Gasteiger partial charge on any atom is 0.253 e. The van der Waals surface area contributed by atoms with E-state index in [0.717, 1.165) is 25.7 Å². The lowest BCUT2D eigenvalue weighted by Crippen LogP contribution is -2.36. The zero-order valence-electron chi connectivity index (χ0n) is 18.2. The van der Waals surface area contributed by atoms with Gasteiger partial charge in [0.05, 0.1) is 17.1 Å². The number of benzene rings is 2. The third kappa shape index (κ3) is 6.99. The van der Waals surface area contributed by atoms with Crippen LogP contribution in [0.5, 0.6) is 0 Å². The second-order valence-corrected chi connectivity index (χ2v) is 8.29. The molecule has 2 aromatic carbocycles. The van der Waals surface area contributed by atoms with Gasteiger partial charge in [0.1, 0.15) is 0 Å². The van der Waals surface area contributed by atoms with E-state index in [-0.39, 0.29) is 30.3 Å². The standard InChI is InChI=1S/C24H29ClN4O3/c1-2-22(30)27-17-8-10-18(11-9-17)28-23(31)15-26-19-12-13-21(25)20(14-19)24(32)29-16-6-4-3-5-7-16/h8-14,16,26H,2-7,15H2,1H3,(H,27,30)(H,28,31)(H,29,32). The molecular weight excluding hydrogens is 428 g/mol. The van der Waals surface area contributed by atoms with Crippen LogP contribution in [0, 0.1) is 0 Å². The molecule has 1 fully saturated rings. The summed E-state index contributed by atoms with van der Waals surface area (Å²) in [6, 6.07) is 12.1. The normalized spacial score (nSPS) is 13.8. The summed E-state index contributed by atoms with van der Waals surface area (Å²) in [5.74, 6) is -0.496. The fourth-order valence-corrected chi connectivity index (χ4v) is 3.80. The predicted octanol–water partition coefficient (Wildman–Crippen LogP) is 4.80. The van der Waals surface area contributed by atoms with Crippen molar-refractivity contribution in [3.8, 4) is 0 Å². The minimum Gasteiger partial charge on any atom is -0.376 e. The molecule has 0 saturated heterocycles. The van der Waals surface area contributed by atoms with Gasteiger partial charge in [-0.05, 0) is 55.3 Å². The van der Waals surface area contributed by atoms with Gasteiger partial charge in [-0.2, -0.15) is 0 Å². The minimum absolute atomic E-state index is 0.0274. The van der Waals surface area contributed by atoms with Gasteiger partial charge in [-0.3, -0.25) is 14.4 Å². The Morgan fingerprint density at radius 3 is 2.09 bits per heavy atom. The van der Waals surface area contributed by atoms with E-state index in [1.54, 1.807) is 49.4 Å². The number of carbonyl (C=O) groups excluding carboxylic acids is 3. The van der Waals surface area contributed by atoms with Crippen molar-refractivity contribution < 1.29 is 14.4 Å². The van der Waals surface area contributed by atoms with Crippen molar-refractivity contribution in [2.45, 2.75) is 51.5 Å². The minimum atomic E-state index is -0.237. The van der Waals surface area contributed by atoms with E-state index < -0.39 is 0 Å². The van der Waals surface area contributed by atoms with Crippen molar-refractivity contribution in [2.75, 3.05) is 22.5 Å². The molecular formula is C24H29ClN4O3. The third-order valence-corrected chi connectivity index (χ3v) is 5.71. The van der Waals surface area contributed by atoms with Crippen molar-refractivity contribution in [3.63, 3.8) is 0 Å². The number of halogens is 1. The topological polar surface area (TPSA) is 99.3 Å². The summed E-state index contributed by atoms with van der Waals surface area (Å²) in [5.41, 5.74) is 2.33. The summed E-state index contributed by atoms with van der Waals surface area (Å²) in [7, 11) is 0. The van der Waals surface area contributed by atoms with Crippen LogP contribution in [0.25, 0.3) is 0 Å². The molecule has 1 saturated carbocycles. The fraction of sp³-hybridized carbons (Fsp3) is 0.375. The molecule has 4 N–H and O–H groups in total. The maximum absolute atomic E-state index is 12.7. The molecule has 32 heavy (non-hydrogen) atoms. The quantitative estimate of drug-likeness (QED) is 0.458. The van der Waals surface area contributed by atoms with Gasteiger partial charge in [0.2, 0.25) is 11.8 Å². The first-order valence-corrected chi connectivity index (χ1v) is 11.4. The van der Waals surface area contributed by atoms with Crippen LogP contribution in [0.4, 0.5) is 17.1 Å². The first-order chi connectivity index (χ1) is 15.4. The predicted molar refractivity (Wildman–Crippen MR) is 128 cm³/mol. The first kappa shape index (κ1) is 23.6. The largest absolute Gasteiger partial charge is 0.376 e. The van der Waals surface area contributed by atoms with Crippen LogP contribution in [-0.4, -0.2) is 30.3 Å². The molecule has 170 valence electrons. The van der Waals surface area contributed by atoms with Crippen LogP contribution >= 0.6 is 11.6 Å². The Balaban J connectivity index is 1.52. The van der Waals surface area contributed by atoms with E-state index in [4.69, 9.17) is 11.6 Å². The summed E-state index contributed by atoms with van der Waals surface area (Å²) in [6.07, 6.45) is 5.87. The Kier molecular flexibility index (Phi) is 8.50. The van der Waals surface area contributed by atoms with Crippen LogP contribution in [-0.2, 0) is 9.59 Å². The molecule has 0 spiro atoms. The molecule has 0 bridgehead atoms. The monoisotopic (exact) mass is 456 g/mol. The van der Waals surface area contributed by atoms with E-state index in [1.807, 2.05) is 0 Å². The SMILES string of the molecule is CCC(=O)Nc1ccc(NC(=O)CNc2ccc(Cl)c(C(=O)NC3CCCCC3)c2)cc1. The highest BCUT2D eigenvalue weighted by Gasteiger charge is 2.18. The number of nitrogens with one attached hydrogen (secondary N) is 4. The first-order valence-electron chi connectivity index (χ1n) is 11.0. The van der Waals surface area contributed by atoms with Gasteiger partial charge in [-0.15, -0.1) is 0 Å². The molecule has 0 aromatic heterocycles. The highest BCUT2D eigenvalue weighted by molar-refractivity contribution is 6.34. The van der Waals surface area contributed by atoms with E-state index in [1.165, 1.54) is 6.42 Å². The van der Waals surface area contributed by atoms with Crippen molar-refractivity contribution >= 4 is 46.4 Å². The van der Waals surface area contributed by atoms with Gasteiger partial charge >= 0.3 is 0 Å². The van der Waals surface area contributed by atoms with Crippen LogP contribution in [0.3, 0.4) is 0 Å². The zero-order valence-corrected chi connectivity index (χ0v) is 18.9. The molecule has 0 aliphatic heterocycles. The molecule has 0 unspecified atom stereocenters. The molecule has 1 aliphatic rings. The van der Waals surface area contributed by atoms with Crippen LogP contribution in [0.2, 0.25) is 5.02 Å². The molecule has 2 aromatic rings. The number of hydrogen-bond donors (Lipinski definition) is 4. The van der Waals surface area contributed by atoms with Crippen LogP contribution < -0.4 is 21.3 Å². The van der Waals surface area contributed by atoms with Gasteiger partial charge in [-0.25, -0.2) is 0 Å². The third-order valence-electron chi connectivity index (χ3n) is 5.38. The van der Waals surface area contributed by atoms with Gasteiger partial charge in [0.25, 0.3) is 5.91 Å². The molecule has 8 heteroatoms. The fourth-order valence-electron chi connectivity index (χ4n) is 3.59. The molecule has 0 atom stereocenters. The maximum atomic E-state index is 12.7. The lowest BCUT2D eigenvalue weighted by Gasteiger charge is -2.23. The van der Waals surface area contributed by atoms with Gasteiger partial charge < -0.3 is 21.3 Å². The lowest BCUT2D eigenvalue weighted by molar-refractivity contribution is -0.116. The molecule has 0 heterocycles. The van der Waals surface area contributed by atoms with Gasteiger partial charge in [0, 0.05) is 29.5 Å². The summed E-state index contributed by atoms with van der Waals surface area (Å²) in [6.45, 7) is 1.81. The highest BCUT2D eigenvalue weighted by Crippen LogP contribution is 2.23. The van der Waals surface area contributed by atoms with Crippen LogP contribution in [0.15, 0.2) is 42.5 Å². The Labute approximate surface area is 193 Å². The van der Waals surface area contributed by atoms with Gasteiger partial charge in [-0.1, -0.05) is 37.8 Å². The van der Waals surface area contributed by atoms with Crippen molar-refractivity contribution in [3.05, 3.63) is 53.1 Å². The van der Waals surface area contributed by atoms with Crippen molar-refractivity contribution in [2.24, 2.45) is 0 Å². The molecule has 1 aliphatic carbocycles. The molecule has 0 radical (unpaired) electrons. The molecule has 3 rings (SSSR count). The van der Waals surface area contributed by atoms with E-state index in [0.29, 0.717) is 34.1 Å². The van der Waals surface area contributed by atoms with E-state index in [2.05, 4.69) is 21.3 Å².